The molecule has 0 radical (unpaired) electrons. The molecule has 1 heterocycles. The van der Waals surface area contributed by atoms with Crippen molar-refractivity contribution in [2.24, 2.45) is 0 Å². The first-order chi connectivity index (χ1) is 11.6. The SMILES string of the molecule is CC(=O)c1ccc(OCCCC(=O)NCCCn2cccn2)cc1. The molecule has 1 amide bonds. The van der Waals surface area contributed by atoms with E-state index in [1.54, 1.807) is 30.5 Å². The number of aryl methyl sites for hydroxylation is 1. The van der Waals surface area contributed by atoms with Crippen LogP contribution >= 0.6 is 0 Å². The van der Waals surface area contributed by atoms with Crippen LogP contribution in [0.3, 0.4) is 0 Å². The highest BCUT2D eigenvalue weighted by molar-refractivity contribution is 5.94. The smallest absolute Gasteiger partial charge is 0.220 e. The fourth-order valence-corrected chi connectivity index (χ4v) is 2.20. The maximum atomic E-state index is 11.7. The van der Waals surface area contributed by atoms with Gasteiger partial charge in [0, 0.05) is 37.5 Å². The highest BCUT2D eigenvalue weighted by Gasteiger charge is 2.02. The lowest BCUT2D eigenvalue weighted by Gasteiger charge is -2.07. The summed E-state index contributed by atoms with van der Waals surface area (Å²) in [7, 11) is 0. The molecule has 0 aliphatic carbocycles. The monoisotopic (exact) mass is 329 g/mol. The summed E-state index contributed by atoms with van der Waals surface area (Å²) in [5, 5.41) is 7.00. The van der Waals surface area contributed by atoms with Crippen LogP contribution in [0.5, 0.6) is 5.75 Å². The summed E-state index contributed by atoms with van der Waals surface area (Å²) in [4.78, 5) is 22.9. The minimum absolute atomic E-state index is 0.0331. The van der Waals surface area contributed by atoms with Crippen LogP contribution in [0.4, 0.5) is 0 Å². The van der Waals surface area contributed by atoms with Crippen LogP contribution in [-0.2, 0) is 11.3 Å². The third-order valence-electron chi connectivity index (χ3n) is 3.52. The minimum Gasteiger partial charge on any atom is -0.494 e. The summed E-state index contributed by atoms with van der Waals surface area (Å²) >= 11 is 0. The third kappa shape index (κ3) is 6.24. The van der Waals surface area contributed by atoms with Crippen LogP contribution in [0.15, 0.2) is 42.7 Å². The van der Waals surface area contributed by atoms with Crippen LogP contribution in [-0.4, -0.2) is 34.6 Å². The Labute approximate surface area is 141 Å². The Balaban J connectivity index is 1.53. The van der Waals surface area contributed by atoms with Gasteiger partial charge in [0.15, 0.2) is 5.78 Å². The van der Waals surface area contributed by atoms with Crippen molar-refractivity contribution >= 4 is 11.7 Å². The van der Waals surface area contributed by atoms with Crippen molar-refractivity contribution in [3.05, 3.63) is 48.3 Å². The molecule has 0 fully saturated rings. The number of Topliss-reactive ketones (excluding diaryl/α,β-unsaturated/α-hetero) is 1. The van der Waals surface area contributed by atoms with Gasteiger partial charge in [-0.1, -0.05) is 0 Å². The lowest BCUT2D eigenvalue weighted by Crippen LogP contribution is -2.25. The van der Waals surface area contributed by atoms with Gasteiger partial charge in [0.25, 0.3) is 0 Å². The summed E-state index contributed by atoms with van der Waals surface area (Å²) in [6.07, 6.45) is 5.59. The van der Waals surface area contributed by atoms with Crippen molar-refractivity contribution in [3.63, 3.8) is 0 Å². The molecule has 1 aromatic heterocycles. The predicted octanol–water partition coefficient (Wildman–Crippen LogP) is 2.45. The van der Waals surface area contributed by atoms with Crippen molar-refractivity contribution < 1.29 is 14.3 Å². The molecule has 1 N–H and O–H groups in total. The van der Waals surface area contributed by atoms with Gasteiger partial charge >= 0.3 is 0 Å². The largest absolute Gasteiger partial charge is 0.494 e. The number of carbonyl (C=O) groups excluding carboxylic acids is 2. The van der Waals surface area contributed by atoms with Gasteiger partial charge in [0.05, 0.1) is 6.61 Å². The number of ketones is 1. The van der Waals surface area contributed by atoms with Gasteiger partial charge in [0.1, 0.15) is 5.75 Å². The van der Waals surface area contributed by atoms with Crippen LogP contribution in [0, 0.1) is 0 Å². The molecule has 6 nitrogen and oxygen atoms in total. The number of hydrogen-bond acceptors (Lipinski definition) is 4. The molecule has 2 rings (SSSR count). The Kier molecular flexibility index (Phi) is 7.01. The molecule has 0 saturated carbocycles. The van der Waals surface area contributed by atoms with E-state index in [0.29, 0.717) is 37.3 Å². The molecule has 0 saturated heterocycles. The van der Waals surface area contributed by atoms with Crippen molar-refractivity contribution in [1.82, 2.24) is 15.1 Å². The summed E-state index contributed by atoms with van der Waals surface area (Å²) in [6, 6.07) is 8.90. The van der Waals surface area contributed by atoms with Gasteiger partial charge in [-0.2, -0.15) is 5.10 Å². The first kappa shape index (κ1) is 17.7. The van der Waals surface area contributed by atoms with E-state index in [1.807, 2.05) is 16.9 Å². The minimum atomic E-state index is 0.0331. The fraction of sp³-hybridized carbons (Fsp3) is 0.389. The molecule has 0 bridgehead atoms. The van der Waals surface area contributed by atoms with Gasteiger partial charge in [-0.15, -0.1) is 0 Å². The van der Waals surface area contributed by atoms with Gasteiger partial charge in [0.2, 0.25) is 5.91 Å². The average molecular weight is 329 g/mol. The third-order valence-corrected chi connectivity index (χ3v) is 3.52. The first-order valence-corrected chi connectivity index (χ1v) is 8.13. The highest BCUT2D eigenvalue weighted by atomic mass is 16.5. The second-order valence-electron chi connectivity index (χ2n) is 5.51. The van der Waals surface area contributed by atoms with E-state index < -0.39 is 0 Å². The first-order valence-electron chi connectivity index (χ1n) is 8.13. The topological polar surface area (TPSA) is 73.2 Å². The van der Waals surface area contributed by atoms with Crippen LogP contribution in [0.25, 0.3) is 0 Å². The van der Waals surface area contributed by atoms with E-state index in [4.69, 9.17) is 4.74 Å². The molecule has 1 aromatic carbocycles. The van der Waals surface area contributed by atoms with Gasteiger partial charge < -0.3 is 10.1 Å². The number of aromatic nitrogens is 2. The quantitative estimate of drug-likeness (QED) is 0.537. The van der Waals surface area contributed by atoms with E-state index in [0.717, 1.165) is 13.0 Å². The average Bonchev–Trinajstić information content (AvgIpc) is 3.09. The zero-order chi connectivity index (χ0) is 17.2. The number of amides is 1. The van der Waals surface area contributed by atoms with E-state index in [2.05, 4.69) is 10.4 Å². The lowest BCUT2D eigenvalue weighted by molar-refractivity contribution is -0.121. The molecular formula is C18H23N3O3. The molecular weight excluding hydrogens is 306 g/mol. The molecule has 2 aromatic rings. The summed E-state index contributed by atoms with van der Waals surface area (Å²) in [5.74, 6) is 0.774. The summed E-state index contributed by atoms with van der Waals surface area (Å²) < 4.78 is 7.41. The Morgan fingerprint density at radius 2 is 2.00 bits per heavy atom. The van der Waals surface area contributed by atoms with Crippen molar-refractivity contribution in [2.75, 3.05) is 13.2 Å². The zero-order valence-electron chi connectivity index (χ0n) is 13.9. The molecule has 0 aliphatic heterocycles. The molecule has 0 spiro atoms. The number of hydrogen-bond donors (Lipinski definition) is 1. The van der Waals surface area contributed by atoms with E-state index in [-0.39, 0.29) is 11.7 Å². The molecule has 6 heteroatoms. The highest BCUT2D eigenvalue weighted by Crippen LogP contribution is 2.13. The Morgan fingerprint density at radius 1 is 1.21 bits per heavy atom. The van der Waals surface area contributed by atoms with Crippen LogP contribution < -0.4 is 10.1 Å². The fourth-order valence-electron chi connectivity index (χ4n) is 2.20. The molecule has 24 heavy (non-hydrogen) atoms. The van der Waals surface area contributed by atoms with Crippen LogP contribution in [0.1, 0.15) is 36.5 Å². The number of rotatable bonds is 10. The van der Waals surface area contributed by atoms with Gasteiger partial charge in [-0.25, -0.2) is 0 Å². The Hall–Kier alpha value is -2.63. The van der Waals surface area contributed by atoms with Gasteiger partial charge in [-0.3, -0.25) is 14.3 Å². The molecule has 0 unspecified atom stereocenters. The van der Waals surface area contributed by atoms with Crippen LogP contribution in [0.2, 0.25) is 0 Å². The standard InChI is InChI=1S/C18H23N3O3/c1-15(22)16-6-8-17(9-7-16)24-14-2-5-18(23)19-10-3-12-21-13-4-11-20-21/h4,6-9,11,13H,2-3,5,10,12,14H2,1H3,(H,19,23). The van der Waals surface area contributed by atoms with E-state index in [1.165, 1.54) is 6.92 Å². The lowest BCUT2D eigenvalue weighted by atomic mass is 10.1. The summed E-state index contributed by atoms with van der Waals surface area (Å²) in [5.41, 5.74) is 0.664. The number of carbonyl (C=O) groups is 2. The molecule has 0 aliphatic rings. The normalized spacial score (nSPS) is 10.4. The second kappa shape index (κ2) is 9.50. The van der Waals surface area contributed by atoms with E-state index in [9.17, 15) is 9.59 Å². The maximum absolute atomic E-state index is 11.7. The Morgan fingerprint density at radius 3 is 2.67 bits per heavy atom. The number of nitrogens with one attached hydrogen (secondary N) is 1. The van der Waals surface area contributed by atoms with E-state index >= 15 is 0 Å². The number of ether oxygens (including phenoxy) is 1. The number of nitrogens with zero attached hydrogens (tertiary/aromatic N) is 2. The molecule has 128 valence electrons. The molecule has 0 atom stereocenters. The Bertz CT molecular complexity index is 636. The van der Waals surface area contributed by atoms with Crippen molar-refractivity contribution in [1.29, 1.82) is 0 Å². The van der Waals surface area contributed by atoms with Crippen molar-refractivity contribution in [2.45, 2.75) is 32.7 Å². The predicted molar refractivity (Wildman–Crippen MR) is 91.0 cm³/mol. The zero-order valence-corrected chi connectivity index (χ0v) is 13.9. The van der Waals surface area contributed by atoms with Crippen molar-refractivity contribution in [3.8, 4) is 5.75 Å². The van der Waals surface area contributed by atoms with Gasteiger partial charge in [-0.05, 0) is 50.1 Å². The summed E-state index contributed by atoms with van der Waals surface area (Å²) in [6.45, 7) is 3.45. The maximum Gasteiger partial charge on any atom is 0.220 e. The second-order valence-corrected chi connectivity index (χ2v) is 5.51. The number of benzene rings is 1.